The Hall–Kier alpha value is -1.32. The second-order valence-electron chi connectivity index (χ2n) is 4.50. The minimum atomic E-state index is -0.493. The minimum absolute atomic E-state index is 0.0290. The van der Waals surface area contributed by atoms with Crippen LogP contribution in [0.1, 0.15) is 32.6 Å². The first kappa shape index (κ1) is 13.7. The standard InChI is InChI=1S/C13H20O4/c1-3-12(14)16-8-9-17-13(15)11-6-4-10(2)5-7-11/h3,10-11H,1,4-9H2,2H3. The number of rotatable bonds is 5. The summed E-state index contributed by atoms with van der Waals surface area (Å²) in [5, 5.41) is 0. The lowest BCUT2D eigenvalue weighted by atomic mass is 9.83. The molecule has 17 heavy (non-hydrogen) atoms. The van der Waals surface area contributed by atoms with Gasteiger partial charge in [-0.2, -0.15) is 0 Å². The minimum Gasteiger partial charge on any atom is -0.462 e. The summed E-state index contributed by atoms with van der Waals surface area (Å²) in [7, 11) is 0. The van der Waals surface area contributed by atoms with Gasteiger partial charge < -0.3 is 9.47 Å². The summed E-state index contributed by atoms with van der Waals surface area (Å²) in [4.78, 5) is 22.3. The lowest BCUT2D eigenvalue weighted by Crippen LogP contribution is -2.24. The van der Waals surface area contributed by atoms with Gasteiger partial charge in [0.05, 0.1) is 5.92 Å². The fraction of sp³-hybridized carbons (Fsp3) is 0.692. The molecule has 0 aliphatic heterocycles. The van der Waals surface area contributed by atoms with Gasteiger partial charge in [-0.3, -0.25) is 4.79 Å². The molecule has 1 rings (SSSR count). The van der Waals surface area contributed by atoms with E-state index in [9.17, 15) is 9.59 Å². The van der Waals surface area contributed by atoms with Crippen LogP contribution in [0.2, 0.25) is 0 Å². The molecular weight excluding hydrogens is 220 g/mol. The molecule has 4 nitrogen and oxygen atoms in total. The van der Waals surface area contributed by atoms with E-state index in [0.29, 0.717) is 5.92 Å². The molecule has 0 aromatic heterocycles. The fourth-order valence-corrected chi connectivity index (χ4v) is 1.96. The predicted molar refractivity (Wildman–Crippen MR) is 63.2 cm³/mol. The van der Waals surface area contributed by atoms with E-state index >= 15 is 0 Å². The molecule has 1 fully saturated rings. The maximum Gasteiger partial charge on any atom is 0.330 e. The summed E-state index contributed by atoms with van der Waals surface area (Å²) >= 11 is 0. The number of hydrogen-bond donors (Lipinski definition) is 0. The van der Waals surface area contributed by atoms with Crippen molar-refractivity contribution in [1.82, 2.24) is 0 Å². The van der Waals surface area contributed by atoms with Crippen molar-refractivity contribution in [2.24, 2.45) is 11.8 Å². The van der Waals surface area contributed by atoms with Gasteiger partial charge >= 0.3 is 11.9 Å². The normalized spacial score (nSPS) is 23.8. The van der Waals surface area contributed by atoms with Crippen LogP contribution < -0.4 is 0 Å². The van der Waals surface area contributed by atoms with Crippen LogP contribution in [0, 0.1) is 11.8 Å². The van der Waals surface area contributed by atoms with Crippen molar-refractivity contribution in [3.05, 3.63) is 12.7 Å². The summed E-state index contributed by atoms with van der Waals surface area (Å²) in [6.45, 7) is 5.70. The first-order valence-corrected chi connectivity index (χ1v) is 6.09. The van der Waals surface area contributed by atoms with Crippen molar-refractivity contribution in [2.45, 2.75) is 32.6 Å². The molecule has 0 spiro atoms. The second kappa shape index (κ2) is 7.09. The third-order valence-corrected chi connectivity index (χ3v) is 3.09. The van der Waals surface area contributed by atoms with E-state index in [1.807, 2.05) is 0 Å². The largest absolute Gasteiger partial charge is 0.462 e. The molecule has 0 radical (unpaired) electrons. The van der Waals surface area contributed by atoms with Gasteiger partial charge in [0.15, 0.2) is 0 Å². The van der Waals surface area contributed by atoms with Gasteiger partial charge in [0.2, 0.25) is 0 Å². The highest BCUT2D eigenvalue weighted by atomic mass is 16.6. The second-order valence-corrected chi connectivity index (χ2v) is 4.50. The first-order chi connectivity index (χ1) is 8.13. The molecule has 1 saturated carbocycles. The Morgan fingerprint density at radius 3 is 2.35 bits per heavy atom. The zero-order valence-electron chi connectivity index (χ0n) is 10.3. The number of esters is 2. The summed E-state index contributed by atoms with van der Waals surface area (Å²) in [6, 6.07) is 0. The maximum atomic E-state index is 11.6. The van der Waals surface area contributed by atoms with Crippen LogP contribution in [0.25, 0.3) is 0 Å². The van der Waals surface area contributed by atoms with Crippen LogP contribution in [-0.4, -0.2) is 25.2 Å². The molecule has 4 heteroatoms. The molecule has 0 heterocycles. The summed E-state index contributed by atoms with van der Waals surface area (Å²) in [5.41, 5.74) is 0. The van der Waals surface area contributed by atoms with E-state index in [2.05, 4.69) is 13.5 Å². The Labute approximate surface area is 102 Å². The lowest BCUT2D eigenvalue weighted by molar-refractivity contribution is -0.154. The van der Waals surface area contributed by atoms with E-state index in [4.69, 9.17) is 9.47 Å². The van der Waals surface area contributed by atoms with Crippen LogP contribution in [-0.2, 0) is 19.1 Å². The van der Waals surface area contributed by atoms with Crippen molar-refractivity contribution >= 4 is 11.9 Å². The number of carbonyl (C=O) groups is 2. The Morgan fingerprint density at radius 2 is 1.76 bits per heavy atom. The lowest BCUT2D eigenvalue weighted by Gasteiger charge is -2.24. The Bertz CT molecular complexity index is 277. The third-order valence-electron chi connectivity index (χ3n) is 3.09. The van der Waals surface area contributed by atoms with E-state index in [1.165, 1.54) is 0 Å². The smallest absolute Gasteiger partial charge is 0.330 e. The van der Waals surface area contributed by atoms with Gasteiger partial charge in [0.25, 0.3) is 0 Å². The van der Waals surface area contributed by atoms with Gasteiger partial charge in [-0.15, -0.1) is 0 Å². The summed E-state index contributed by atoms with van der Waals surface area (Å²) < 4.78 is 9.77. The molecule has 0 bridgehead atoms. The Kier molecular flexibility index (Phi) is 5.73. The molecule has 0 aromatic rings. The Balaban J connectivity index is 2.12. The maximum absolute atomic E-state index is 11.6. The first-order valence-electron chi connectivity index (χ1n) is 6.09. The molecule has 0 unspecified atom stereocenters. The number of carbonyl (C=O) groups excluding carboxylic acids is 2. The van der Waals surface area contributed by atoms with E-state index in [1.54, 1.807) is 0 Å². The average Bonchev–Trinajstić information content (AvgIpc) is 2.34. The molecule has 0 N–H and O–H groups in total. The molecule has 0 atom stereocenters. The monoisotopic (exact) mass is 240 g/mol. The topological polar surface area (TPSA) is 52.6 Å². The van der Waals surface area contributed by atoms with Crippen molar-refractivity contribution in [3.63, 3.8) is 0 Å². The van der Waals surface area contributed by atoms with Crippen LogP contribution in [0.3, 0.4) is 0 Å². The van der Waals surface area contributed by atoms with E-state index in [0.717, 1.165) is 31.8 Å². The molecule has 1 aliphatic rings. The SMILES string of the molecule is C=CC(=O)OCCOC(=O)C1CCC(C)CC1. The number of hydrogen-bond acceptors (Lipinski definition) is 4. The van der Waals surface area contributed by atoms with Gasteiger partial charge in [0.1, 0.15) is 13.2 Å². The predicted octanol–water partition coefficient (Wildman–Crippen LogP) is 2.09. The van der Waals surface area contributed by atoms with Gasteiger partial charge in [-0.05, 0) is 31.6 Å². The third kappa shape index (κ3) is 5.02. The van der Waals surface area contributed by atoms with Crippen molar-refractivity contribution in [3.8, 4) is 0 Å². The molecule has 1 aliphatic carbocycles. The van der Waals surface area contributed by atoms with Gasteiger partial charge in [0, 0.05) is 6.08 Å². The fourth-order valence-electron chi connectivity index (χ4n) is 1.96. The molecule has 0 saturated heterocycles. The van der Waals surface area contributed by atoms with Gasteiger partial charge in [-0.25, -0.2) is 4.79 Å². The molecule has 0 aromatic carbocycles. The van der Waals surface area contributed by atoms with Crippen LogP contribution in [0.5, 0.6) is 0 Å². The zero-order valence-corrected chi connectivity index (χ0v) is 10.3. The van der Waals surface area contributed by atoms with Crippen molar-refractivity contribution in [1.29, 1.82) is 0 Å². The van der Waals surface area contributed by atoms with Crippen LogP contribution in [0.4, 0.5) is 0 Å². The van der Waals surface area contributed by atoms with E-state index < -0.39 is 5.97 Å². The summed E-state index contributed by atoms with van der Waals surface area (Å²) in [5.74, 6) is 0.0907. The van der Waals surface area contributed by atoms with Crippen LogP contribution >= 0.6 is 0 Å². The van der Waals surface area contributed by atoms with Crippen molar-refractivity contribution in [2.75, 3.05) is 13.2 Å². The van der Waals surface area contributed by atoms with Crippen molar-refractivity contribution < 1.29 is 19.1 Å². The average molecular weight is 240 g/mol. The molecule has 96 valence electrons. The molecule has 0 amide bonds. The van der Waals surface area contributed by atoms with Crippen LogP contribution in [0.15, 0.2) is 12.7 Å². The number of ether oxygens (including phenoxy) is 2. The summed E-state index contributed by atoms with van der Waals surface area (Å²) in [6.07, 6.45) is 5.08. The molecular formula is C13H20O4. The van der Waals surface area contributed by atoms with E-state index in [-0.39, 0.29) is 25.1 Å². The highest BCUT2D eigenvalue weighted by Crippen LogP contribution is 2.28. The Morgan fingerprint density at radius 1 is 1.18 bits per heavy atom. The quantitative estimate of drug-likeness (QED) is 0.419. The highest BCUT2D eigenvalue weighted by molar-refractivity contribution is 5.81. The van der Waals surface area contributed by atoms with Gasteiger partial charge in [-0.1, -0.05) is 13.5 Å². The zero-order chi connectivity index (χ0) is 12.7. The highest BCUT2D eigenvalue weighted by Gasteiger charge is 2.25.